The van der Waals surface area contributed by atoms with E-state index in [1.165, 1.54) is 0 Å². The molecule has 0 aliphatic heterocycles. The molecule has 2 N–H and O–H groups in total. The zero-order valence-electron chi connectivity index (χ0n) is 11.2. The van der Waals surface area contributed by atoms with Gasteiger partial charge in [-0.15, -0.1) is 0 Å². The van der Waals surface area contributed by atoms with E-state index in [2.05, 4.69) is 20.8 Å². The van der Waals surface area contributed by atoms with Gasteiger partial charge in [-0.2, -0.15) is 4.98 Å². The number of nitrogens with one attached hydrogen (secondary N) is 2. The maximum Gasteiger partial charge on any atom is 0.318 e. The molecule has 6 nitrogen and oxygen atoms in total. The molecule has 1 aromatic heterocycles. The largest absolute Gasteiger partial charge is 0.341 e. The third-order valence-electron chi connectivity index (χ3n) is 2.74. The molecule has 2 amide bonds. The lowest BCUT2D eigenvalue weighted by Gasteiger charge is -2.08. The summed E-state index contributed by atoms with van der Waals surface area (Å²) in [5.74, 6) is 1.12. The molecule has 0 aliphatic rings. The predicted octanol–water partition coefficient (Wildman–Crippen LogP) is 2.36. The van der Waals surface area contributed by atoms with Crippen LogP contribution in [0.1, 0.15) is 18.3 Å². The van der Waals surface area contributed by atoms with E-state index in [-0.39, 0.29) is 6.03 Å². The van der Waals surface area contributed by atoms with Crippen LogP contribution in [0.25, 0.3) is 11.5 Å². The molecule has 0 radical (unpaired) electrons. The number of carbonyl (C=O) groups is 1. The van der Waals surface area contributed by atoms with E-state index < -0.39 is 0 Å². The van der Waals surface area contributed by atoms with E-state index in [1.807, 2.05) is 32.0 Å². The highest BCUT2D eigenvalue weighted by molar-refractivity contribution is 5.90. The first-order valence-electron chi connectivity index (χ1n) is 6.06. The fraction of sp³-hybridized carbons (Fsp3) is 0.308. The van der Waals surface area contributed by atoms with Crippen LogP contribution in [0.4, 0.5) is 10.5 Å². The number of benzene rings is 1. The number of hydrogen-bond donors (Lipinski definition) is 2. The number of hydrogen-bond acceptors (Lipinski definition) is 4. The summed E-state index contributed by atoms with van der Waals surface area (Å²) in [5, 5.41) is 9.12. The predicted molar refractivity (Wildman–Crippen MR) is 71.9 cm³/mol. The Morgan fingerprint density at radius 2 is 2.21 bits per heavy atom. The first kappa shape index (κ1) is 13.1. The summed E-state index contributed by atoms with van der Waals surface area (Å²) in [6, 6.07) is 5.34. The molecule has 0 aliphatic carbocycles. The van der Waals surface area contributed by atoms with Crippen LogP contribution in [0.3, 0.4) is 0 Å². The van der Waals surface area contributed by atoms with Gasteiger partial charge in [0.2, 0.25) is 0 Å². The van der Waals surface area contributed by atoms with Crippen molar-refractivity contribution in [1.29, 1.82) is 0 Å². The van der Waals surface area contributed by atoms with E-state index in [9.17, 15) is 4.79 Å². The third-order valence-corrected chi connectivity index (χ3v) is 2.74. The average Bonchev–Trinajstić information content (AvgIpc) is 2.90. The molecule has 0 bridgehead atoms. The van der Waals surface area contributed by atoms with E-state index in [4.69, 9.17) is 4.52 Å². The van der Waals surface area contributed by atoms with E-state index in [0.29, 0.717) is 17.4 Å². The van der Waals surface area contributed by atoms with E-state index >= 15 is 0 Å². The normalized spacial score (nSPS) is 10.3. The van der Waals surface area contributed by atoms with Gasteiger partial charge in [-0.25, -0.2) is 4.79 Å². The Labute approximate surface area is 111 Å². The molecule has 0 unspecified atom stereocenters. The van der Waals surface area contributed by atoms with Gasteiger partial charge in [0.15, 0.2) is 5.82 Å². The standard InChI is InChI=1S/C13H16N4O2/c1-4-11-16-12(19-17-11)9-6-5-8(2)10(7-9)15-13(18)14-3/h5-7H,4H2,1-3H3,(H2,14,15,18). The van der Waals surface area contributed by atoms with Crippen LogP contribution in [0, 0.1) is 6.92 Å². The molecule has 0 fully saturated rings. The van der Waals surface area contributed by atoms with E-state index in [0.717, 1.165) is 17.5 Å². The van der Waals surface area contributed by atoms with Crippen molar-refractivity contribution in [2.24, 2.45) is 0 Å². The van der Waals surface area contributed by atoms with Crippen molar-refractivity contribution in [3.63, 3.8) is 0 Å². The molecule has 0 spiro atoms. The second-order valence-corrected chi connectivity index (χ2v) is 4.10. The van der Waals surface area contributed by atoms with Gasteiger partial charge >= 0.3 is 6.03 Å². The summed E-state index contributed by atoms with van der Waals surface area (Å²) in [4.78, 5) is 15.6. The van der Waals surface area contributed by atoms with Crippen LogP contribution in [0.5, 0.6) is 0 Å². The SMILES string of the molecule is CCc1noc(-c2ccc(C)c(NC(=O)NC)c2)n1. The number of rotatable bonds is 3. The summed E-state index contributed by atoms with van der Waals surface area (Å²) < 4.78 is 5.18. The molecule has 19 heavy (non-hydrogen) atoms. The lowest BCUT2D eigenvalue weighted by Crippen LogP contribution is -2.24. The van der Waals surface area contributed by atoms with Crippen molar-refractivity contribution in [1.82, 2.24) is 15.5 Å². The van der Waals surface area contributed by atoms with Crippen LogP contribution in [-0.4, -0.2) is 23.2 Å². The number of nitrogens with zero attached hydrogens (tertiary/aromatic N) is 2. The van der Waals surface area contributed by atoms with Gasteiger partial charge in [-0.1, -0.05) is 18.1 Å². The molecule has 100 valence electrons. The van der Waals surface area contributed by atoms with Gasteiger partial charge in [-0.3, -0.25) is 0 Å². The number of aryl methyl sites for hydroxylation is 2. The summed E-state index contributed by atoms with van der Waals surface area (Å²) >= 11 is 0. The van der Waals surface area contributed by atoms with Crippen molar-refractivity contribution in [2.45, 2.75) is 20.3 Å². The van der Waals surface area contributed by atoms with Crippen LogP contribution < -0.4 is 10.6 Å². The topological polar surface area (TPSA) is 80.0 Å². The molecule has 2 rings (SSSR count). The first-order valence-corrected chi connectivity index (χ1v) is 6.06. The molecular weight excluding hydrogens is 244 g/mol. The number of aromatic nitrogens is 2. The number of urea groups is 1. The maximum atomic E-state index is 11.4. The van der Waals surface area contributed by atoms with Gasteiger partial charge < -0.3 is 15.2 Å². The third kappa shape index (κ3) is 2.90. The second-order valence-electron chi connectivity index (χ2n) is 4.10. The Bertz CT molecular complexity index is 592. The van der Waals surface area contributed by atoms with Gasteiger partial charge in [0.05, 0.1) is 0 Å². The van der Waals surface area contributed by atoms with Crippen LogP contribution in [0.2, 0.25) is 0 Å². The Hall–Kier alpha value is -2.37. The summed E-state index contributed by atoms with van der Waals surface area (Å²) in [6.07, 6.45) is 0.721. The van der Waals surface area contributed by atoms with Crippen LogP contribution >= 0.6 is 0 Å². The highest BCUT2D eigenvalue weighted by Crippen LogP contribution is 2.24. The minimum Gasteiger partial charge on any atom is -0.341 e. The van der Waals surface area contributed by atoms with Gasteiger partial charge in [0.1, 0.15) is 0 Å². The Balaban J connectivity index is 2.32. The van der Waals surface area contributed by atoms with Crippen molar-refractivity contribution in [3.05, 3.63) is 29.6 Å². The molecule has 0 saturated heterocycles. The quantitative estimate of drug-likeness (QED) is 0.887. The van der Waals surface area contributed by atoms with Crippen molar-refractivity contribution < 1.29 is 9.32 Å². The molecule has 1 heterocycles. The fourth-order valence-corrected chi connectivity index (χ4v) is 1.59. The summed E-state index contributed by atoms with van der Waals surface area (Å²) in [7, 11) is 1.57. The first-order chi connectivity index (χ1) is 9.13. The fourth-order valence-electron chi connectivity index (χ4n) is 1.59. The average molecular weight is 260 g/mol. The van der Waals surface area contributed by atoms with Gasteiger partial charge in [-0.05, 0) is 24.6 Å². The van der Waals surface area contributed by atoms with Gasteiger partial charge in [0.25, 0.3) is 5.89 Å². The molecule has 2 aromatic rings. The maximum absolute atomic E-state index is 11.4. The molecule has 1 aromatic carbocycles. The Morgan fingerprint density at radius 3 is 2.84 bits per heavy atom. The second kappa shape index (κ2) is 5.51. The zero-order chi connectivity index (χ0) is 13.8. The number of amides is 2. The summed E-state index contributed by atoms with van der Waals surface area (Å²) in [5.41, 5.74) is 2.46. The van der Waals surface area contributed by atoms with Crippen LogP contribution in [-0.2, 0) is 6.42 Å². The van der Waals surface area contributed by atoms with Crippen molar-refractivity contribution >= 4 is 11.7 Å². The number of carbonyl (C=O) groups excluding carboxylic acids is 1. The summed E-state index contributed by atoms with van der Waals surface area (Å²) in [6.45, 7) is 3.88. The van der Waals surface area contributed by atoms with Crippen molar-refractivity contribution in [3.8, 4) is 11.5 Å². The van der Waals surface area contributed by atoms with Gasteiger partial charge in [0, 0.05) is 24.7 Å². The highest BCUT2D eigenvalue weighted by Gasteiger charge is 2.10. The minimum absolute atomic E-state index is 0.264. The molecule has 0 atom stereocenters. The lowest BCUT2D eigenvalue weighted by atomic mass is 10.1. The molecule has 0 saturated carbocycles. The highest BCUT2D eigenvalue weighted by atomic mass is 16.5. The van der Waals surface area contributed by atoms with Crippen LogP contribution in [0.15, 0.2) is 22.7 Å². The Morgan fingerprint density at radius 1 is 1.42 bits per heavy atom. The Kier molecular flexibility index (Phi) is 3.79. The van der Waals surface area contributed by atoms with E-state index in [1.54, 1.807) is 7.05 Å². The molecule has 6 heteroatoms. The zero-order valence-corrected chi connectivity index (χ0v) is 11.2. The lowest BCUT2D eigenvalue weighted by molar-refractivity contribution is 0.254. The smallest absolute Gasteiger partial charge is 0.318 e. The van der Waals surface area contributed by atoms with Crippen molar-refractivity contribution in [2.75, 3.05) is 12.4 Å². The minimum atomic E-state index is -0.264. The monoisotopic (exact) mass is 260 g/mol. The molecular formula is C13H16N4O2. The number of anilines is 1.